The average molecular weight is 559 g/mol. The van der Waals surface area contributed by atoms with Gasteiger partial charge in [0.1, 0.15) is 11.3 Å². The molecule has 1 aromatic carbocycles. The number of anilines is 3. The highest BCUT2D eigenvalue weighted by Gasteiger charge is 2.18. The molecular weight excluding hydrogens is 516 g/mol. The highest BCUT2D eigenvalue weighted by molar-refractivity contribution is 5.84. The Hall–Kier alpha value is -3.66. The molecule has 218 valence electrons. The summed E-state index contributed by atoms with van der Waals surface area (Å²) < 4.78 is 13.4. The van der Waals surface area contributed by atoms with Crippen molar-refractivity contribution < 1.29 is 9.47 Å². The maximum Gasteiger partial charge on any atom is 0.231 e. The Morgan fingerprint density at radius 3 is 2.85 bits per heavy atom. The van der Waals surface area contributed by atoms with Gasteiger partial charge in [-0.3, -0.25) is 4.68 Å². The molecule has 1 saturated carbocycles. The molecular formula is C31H42N8O2. The Morgan fingerprint density at radius 1 is 1.02 bits per heavy atom. The lowest BCUT2D eigenvalue weighted by molar-refractivity contribution is 0.141. The summed E-state index contributed by atoms with van der Waals surface area (Å²) in [4.78, 5) is 17.0. The van der Waals surface area contributed by atoms with Crippen LogP contribution in [0.5, 0.6) is 5.75 Å². The number of imidazole rings is 1. The topological polar surface area (TPSA) is 115 Å². The predicted octanol–water partition coefficient (Wildman–Crippen LogP) is 6.70. The zero-order valence-electron chi connectivity index (χ0n) is 24.1. The fourth-order valence-corrected chi connectivity index (χ4v) is 6.13. The quantitative estimate of drug-likeness (QED) is 0.174. The summed E-state index contributed by atoms with van der Waals surface area (Å²) in [6, 6.07) is 6.54. The fourth-order valence-electron chi connectivity index (χ4n) is 6.13. The Balaban J connectivity index is 1.10. The number of unbranched alkanes of at least 4 members (excludes halogenated alkanes) is 1. The van der Waals surface area contributed by atoms with E-state index in [1.807, 2.05) is 18.3 Å². The first-order chi connectivity index (χ1) is 20.2. The number of aromatic nitrogens is 6. The zero-order valence-corrected chi connectivity index (χ0v) is 24.1. The number of nitrogens with one attached hydrogen (secondary N) is 3. The first-order valence-corrected chi connectivity index (χ1v) is 15.3. The molecule has 1 atom stereocenters. The van der Waals surface area contributed by atoms with Gasteiger partial charge in [-0.1, -0.05) is 38.2 Å². The number of ether oxygens (including phenoxy) is 2. The molecule has 0 spiro atoms. The van der Waals surface area contributed by atoms with E-state index < -0.39 is 0 Å². The van der Waals surface area contributed by atoms with Crippen LogP contribution in [0.3, 0.4) is 0 Å². The normalized spacial score (nSPS) is 18.3. The van der Waals surface area contributed by atoms with Crippen LogP contribution in [0.2, 0.25) is 0 Å². The summed E-state index contributed by atoms with van der Waals surface area (Å²) in [6.07, 6.45) is 19.2. The predicted molar refractivity (Wildman–Crippen MR) is 162 cm³/mol. The van der Waals surface area contributed by atoms with Crippen molar-refractivity contribution in [3.05, 3.63) is 36.9 Å². The van der Waals surface area contributed by atoms with E-state index in [0.29, 0.717) is 17.6 Å². The minimum atomic E-state index is 0.421. The van der Waals surface area contributed by atoms with Gasteiger partial charge >= 0.3 is 0 Å². The molecule has 10 nitrogen and oxygen atoms in total. The highest BCUT2D eigenvalue weighted by Crippen LogP contribution is 2.33. The lowest BCUT2D eigenvalue weighted by atomic mass is 9.94. The number of aromatic amines is 1. The molecule has 10 heteroatoms. The molecule has 41 heavy (non-hydrogen) atoms. The van der Waals surface area contributed by atoms with Crippen LogP contribution in [0, 0.1) is 5.92 Å². The number of H-pyrrole nitrogens is 1. The number of aryl methyl sites for hydroxylation is 1. The number of rotatable bonds is 11. The van der Waals surface area contributed by atoms with Crippen LogP contribution in [0.4, 0.5) is 17.5 Å². The number of hydrogen-bond acceptors (Lipinski definition) is 8. The molecule has 3 N–H and O–H groups in total. The van der Waals surface area contributed by atoms with Gasteiger partial charge in [0.2, 0.25) is 5.95 Å². The Bertz CT molecular complexity index is 1400. The molecule has 1 saturated heterocycles. The first kappa shape index (κ1) is 27.5. The van der Waals surface area contributed by atoms with Crippen LogP contribution < -0.4 is 15.4 Å². The van der Waals surface area contributed by atoms with Crippen LogP contribution in [0.1, 0.15) is 70.6 Å². The third kappa shape index (κ3) is 6.98. The molecule has 2 aliphatic rings. The number of benzene rings is 1. The first-order valence-electron chi connectivity index (χ1n) is 15.3. The summed E-state index contributed by atoms with van der Waals surface area (Å²) >= 11 is 0. The number of methoxy groups -OCH3 is 1. The maximum atomic E-state index is 5.77. The maximum absolute atomic E-state index is 5.77. The summed E-state index contributed by atoms with van der Waals surface area (Å²) in [7, 11) is 1.68. The van der Waals surface area contributed by atoms with Gasteiger partial charge in [-0.25, -0.2) is 4.98 Å². The number of fused-ring (bicyclic) bond motifs is 1. The second kappa shape index (κ2) is 13.3. The van der Waals surface area contributed by atoms with Crippen molar-refractivity contribution in [3.63, 3.8) is 0 Å². The Kier molecular flexibility index (Phi) is 8.95. The van der Waals surface area contributed by atoms with Gasteiger partial charge in [0.15, 0.2) is 11.5 Å². The standard InChI is InChI=1S/C31H42N8O2/c1-40-27-18-23(24-19-34-39(20-24)15-6-5-8-22-9-7-16-41-17-14-22)12-13-26(27)36-31-37-29-28(32-21-33-29)30(38-31)35-25-10-3-2-4-11-25/h12-13,18-22,25H,2-11,14-17H2,1H3,(H3,32,33,35,36,37,38). The van der Waals surface area contributed by atoms with Crippen molar-refractivity contribution in [2.24, 2.45) is 5.92 Å². The van der Waals surface area contributed by atoms with Gasteiger partial charge < -0.3 is 25.1 Å². The molecule has 0 amide bonds. The van der Waals surface area contributed by atoms with E-state index in [1.54, 1.807) is 13.4 Å². The summed E-state index contributed by atoms with van der Waals surface area (Å²) in [6.45, 7) is 2.79. The smallest absolute Gasteiger partial charge is 0.231 e. The van der Waals surface area contributed by atoms with Crippen molar-refractivity contribution in [1.29, 1.82) is 0 Å². The molecule has 1 aliphatic carbocycles. The molecule has 1 aliphatic heterocycles. The van der Waals surface area contributed by atoms with Crippen LogP contribution in [-0.4, -0.2) is 56.1 Å². The highest BCUT2D eigenvalue weighted by atomic mass is 16.5. The summed E-state index contributed by atoms with van der Waals surface area (Å²) in [5.41, 5.74) is 4.39. The van der Waals surface area contributed by atoms with Gasteiger partial charge in [-0.2, -0.15) is 15.1 Å². The van der Waals surface area contributed by atoms with Crippen LogP contribution >= 0.6 is 0 Å². The third-order valence-electron chi connectivity index (χ3n) is 8.47. The molecule has 1 unspecified atom stereocenters. The molecule has 2 fully saturated rings. The van der Waals surface area contributed by atoms with E-state index in [1.165, 1.54) is 51.4 Å². The molecule has 4 aromatic rings. The van der Waals surface area contributed by atoms with Gasteiger partial charge in [-0.05, 0) is 62.1 Å². The Labute approximate surface area is 241 Å². The second-order valence-electron chi connectivity index (χ2n) is 11.4. The van der Waals surface area contributed by atoms with Crippen molar-refractivity contribution in [2.45, 2.75) is 83.2 Å². The number of nitrogens with zero attached hydrogens (tertiary/aromatic N) is 5. The van der Waals surface area contributed by atoms with Crippen LogP contribution in [0.15, 0.2) is 36.9 Å². The van der Waals surface area contributed by atoms with E-state index in [0.717, 1.165) is 78.8 Å². The molecule has 4 heterocycles. The third-order valence-corrected chi connectivity index (χ3v) is 8.47. The van der Waals surface area contributed by atoms with E-state index in [9.17, 15) is 0 Å². The largest absolute Gasteiger partial charge is 0.495 e. The van der Waals surface area contributed by atoms with Crippen molar-refractivity contribution in [3.8, 4) is 16.9 Å². The Morgan fingerprint density at radius 2 is 1.95 bits per heavy atom. The lowest BCUT2D eigenvalue weighted by Gasteiger charge is -2.23. The van der Waals surface area contributed by atoms with Gasteiger partial charge in [-0.15, -0.1) is 0 Å². The zero-order chi connectivity index (χ0) is 27.9. The second-order valence-corrected chi connectivity index (χ2v) is 11.4. The molecule has 3 aromatic heterocycles. The molecule has 0 radical (unpaired) electrons. The van der Waals surface area contributed by atoms with E-state index in [-0.39, 0.29) is 0 Å². The molecule has 0 bridgehead atoms. The van der Waals surface area contributed by atoms with E-state index in [2.05, 4.69) is 47.6 Å². The van der Waals surface area contributed by atoms with Crippen LogP contribution in [-0.2, 0) is 11.3 Å². The van der Waals surface area contributed by atoms with Gasteiger partial charge in [0.25, 0.3) is 0 Å². The van der Waals surface area contributed by atoms with Crippen LogP contribution in [0.25, 0.3) is 22.3 Å². The van der Waals surface area contributed by atoms with Crippen molar-refractivity contribution in [2.75, 3.05) is 31.0 Å². The monoisotopic (exact) mass is 558 g/mol. The summed E-state index contributed by atoms with van der Waals surface area (Å²) in [5, 5.41) is 11.6. The average Bonchev–Trinajstić information content (AvgIpc) is 3.60. The van der Waals surface area contributed by atoms with Crippen molar-refractivity contribution in [1.82, 2.24) is 29.7 Å². The van der Waals surface area contributed by atoms with Gasteiger partial charge in [0.05, 0.1) is 25.3 Å². The van der Waals surface area contributed by atoms with E-state index in [4.69, 9.17) is 14.5 Å². The fraction of sp³-hybridized carbons (Fsp3) is 0.548. The summed E-state index contributed by atoms with van der Waals surface area (Å²) in [5.74, 6) is 2.80. The SMILES string of the molecule is COc1cc(-c2cnn(CCCCC3CCCOCC3)c2)ccc1Nc1nc(NC2CCCCC2)c2[nH]cnc2n1. The molecule has 6 rings (SSSR count). The minimum absolute atomic E-state index is 0.421. The van der Waals surface area contributed by atoms with Gasteiger partial charge in [0, 0.05) is 37.6 Å². The lowest BCUT2D eigenvalue weighted by Crippen LogP contribution is -2.23. The van der Waals surface area contributed by atoms with Crippen molar-refractivity contribution >= 4 is 28.6 Å². The van der Waals surface area contributed by atoms with E-state index >= 15 is 0 Å². The minimum Gasteiger partial charge on any atom is -0.495 e. The number of hydrogen-bond donors (Lipinski definition) is 3.